The summed E-state index contributed by atoms with van der Waals surface area (Å²) in [6.07, 6.45) is 1.26. The molecule has 12 heavy (non-hydrogen) atoms. The van der Waals surface area contributed by atoms with E-state index in [1.165, 1.54) is 0 Å². The first-order valence-electron chi connectivity index (χ1n) is 4.03. The minimum atomic E-state index is -0.693. The monoisotopic (exact) mass is 213 g/mol. The molecule has 0 aliphatic carbocycles. The topological polar surface area (TPSA) is 37.3 Å². The van der Waals surface area contributed by atoms with E-state index < -0.39 is 5.97 Å². The molecule has 0 aromatic carbocycles. The molecule has 2 nitrogen and oxygen atoms in total. The Labute approximate surface area is 85.2 Å². The van der Waals surface area contributed by atoms with Crippen molar-refractivity contribution in [2.75, 3.05) is 0 Å². The van der Waals surface area contributed by atoms with Crippen LogP contribution in [-0.4, -0.2) is 11.1 Å². The number of carboxylic acid groups (broad SMARTS) is 1. The van der Waals surface area contributed by atoms with Crippen molar-refractivity contribution in [3.05, 3.63) is 0 Å². The fourth-order valence-corrected chi connectivity index (χ4v) is 1.42. The number of carbonyl (C=O) groups is 1. The molecule has 0 aliphatic heterocycles. The van der Waals surface area contributed by atoms with Gasteiger partial charge in [-0.2, -0.15) is 0 Å². The predicted octanol–water partition coefficient (Wildman–Crippen LogP) is 2.53. The standard InChI is InChI=1S/C9H18O2.Mn/c1-7(5-8(10)11)6-9(2,3)4;/h7H,5-6H2,1-4H3,(H,10,11);. The van der Waals surface area contributed by atoms with Crippen molar-refractivity contribution in [1.82, 2.24) is 0 Å². The van der Waals surface area contributed by atoms with Gasteiger partial charge in [-0.05, 0) is 17.8 Å². The van der Waals surface area contributed by atoms with Crippen LogP contribution in [0.5, 0.6) is 0 Å². The Morgan fingerprint density at radius 3 is 2.08 bits per heavy atom. The van der Waals surface area contributed by atoms with Crippen LogP contribution in [0.3, 0.4) is 0 Å². The number of rotatable bonds is 3. The zero-order chi connectivity index (χ0) is 9.07. The Bertz CT molecular complexity index is 138. The SMILES string of the molecule is CC(CC(=O)O)CC(C)(C)C.[Mn]. The van der Waals surface area contributed by atoms with Crippen LogP contribution < -0.4 is 0 Å². The van der Waals surface area contributed by atoms with Crippen LogP contribution in [0.4, 0.5) is 0 Å². The fraction of sp³-hybridized carbons (Fsp3) is 0.889. The third-order valence-electron chi connectivity index (χ3n) is 1.48. The van der Waals surface area contributed by atoms with Crippen LogP contribution in [0.15, 0.2) is 0 Å². The van der Waals surface area contributed by atoms with Gasteiger partial charge in [0.05, 0.1) is 0 Å². The molecule has 0 saturated carbocycles. The van der Waals surface area contributed by atoms with Gasteiger partial charge in [0.1, 0.15) is 0 Å². The Balaban J connectivity index is 0. The van der Waals surface area contributed by atoms with Crippen molar-refractivity contribution in [3.63, 3.8) is 0 Å². The summed E-state index contributed by atoms with van der Waals surface area (Å²) in [6.45, 7) is 8.38. The Hall–Kier alpha value is -0.0105. The first-order valence-corrected chi connectivity index (χ1v) is 4.03. The van der Waals surface area contributed by atoms with Gasteiger partial charge in [0.25, 0.3) is 0 Å². The van der Waals surface area contributed by atoms with Gasteiger partial charge in [-0.3, -0.25) is 4.79 Å². The minimum absolute atomic E-state index is 0. The summed E-state index contributed by atoms with van der Waals surface area (Å²) < 4.78 is 0. The number of aliphatic carboxylic acids is 1. The van der Waals surface area contributed by atoms with Crippen LogP contribution in [0.2, 0.25) is 0 Å². The summed E-state index contributed by atoms with van der Waals surface area (Å²) in [5.41, 5.74) is 0.245. The Morgan fingerprint density at radius 1 is 1.42 bits per heavy atom. The van der Waals surface area contributed by atoms with Crippen molar-refractivity contribution in [2.24, 2.45) is 11.3 Å². The molecule has 0 spiro atoms. The summed E-state index contributed by atoms with van der Waals surface area (Å²) in [5, 5.41) is 8.48. The molecule has 3 heteroatoms. The summed E-state index contributed by atoms with van der Waals surface area (Å²) in [4.78, 5) is 10.3. The minimum Gasteiger partial charge on any atom is -0.481 e. The van der Waals surface area contributed by atoms with Crippen molar-refractivity contribution >= 4 is 5.97 Å². The molecule has 0 saturated heterocycles. The zero-order valence-electron chi connectivity index (χ0n) is 8.22. The molecule has 0 aliphatic rings. The molecule has 1 atom stereocenters. The molecule has 0 bridgehead atoms. The van der Waals surface area contributed by atoms with Crippen molar-refractivity contribution < 1.29 is 27.0 Å². The third-order valence-corrected chi connectivity index (χ3v) is 1.48. The zero-order valence-corrected chi connectivity index (χ0v) is 9.41. The Morgan fingerprint density at radius 2 is 1.83 bits per heavy atom. The average molecular weight is 213 g/mol. The van der Waals surface area contributed by atoms with Crippen molar-refractivity contribution in [2.45, 2.75) is 40.5 Å². The second kappa shape index (κ2) is 5.60. The van der Waals surface area contributed by atoms with Crippen LogP contribution in [-0.2, 0) is 21.9 Å². The molecular weight excluding hydrogens is 195 g/mol. The molecule has 0 aromatic heterocycles. The van der Waals surface area contributed by atoms with E-state index in [9.17, 15) is 4.79 Å². The first-order chi connectivity index (χ1) is 4.81. The van der Waals surface area contributed by atoms with Crippen LogP contribution >= 0.6 is 0 Å². The number of hydrogen-bond donors (Lipinski definition) is 1. The van der Waals surface area contributed by atoms with Crippen LogP contribution in [0.1, 0.15) is 40.5 Å². The summed E-state index contributed by atoms with van der Waals surface area (Å²) >= 11 is 0. The molecular formula is C9H18MnO2. The molecule has 1 unspecified atom stereocenters. The van der Waals surface area contributed by atoms with Gasteiger partial charge in [-0.1, -0.05) is 27.7 Å². The maximum Gasteiger partial charge on any atom is 0.303 e. The van der Waals surface area contributed by atoms with Crippen molar-refractivity contribution in [3.8, 4) is 0 Å². The molecule has 1 radical (unpaired) electrons. The molecule has 1 N–H and O–H groups in total. The molecule has 0 amide bonds. The first kappa shape index (κ1) is 14.5. The van der Waals surface area contributed by atoms with Gasteiger partial charge in [0.2, 0.25) is 0 Å². The molecule has 0 fully saturated rings. The second-order valence-electron chi connectivity index (χ2n) is 4.47. The predicted molar refractivity (Wildman–Crippen MR) is 45.5 cm³/mol. The molecule has 0 aromatic rings. The normalized spacial score (nSPS) is 13.3. The Kier molecular flexibility index (Phi) is 6.78. The van der Waals surface area contributed by atoms with E-state index in [1.54, 1.807) is 0 Å². The van der Waals surface area contributed by atoms with Gasteiger partial charge in [-0.25, -0.2) is 0 Å². The maximum atomic E-state index is 10.3. The van der Waals surface area contributed by atoms with Gasteiger partial charge in [-0.15, -0.1) is 0 Å². The summed E-state index contributed by atoms with van der Waals surface area (Å²) in [7, 11) is 0. The van der Waals surface area contributed by atoms with Gasteiger partial charge in [0.15, 0.2) is 0 Å². The van der Waals surface area contributed by atoms with E-state index in [0.29, 0.717) is 0 Å². The van der Waals surface area contributed by atoms with E-state index >= 15 is 0 Å². The van der Waals surface area contributed by atoms with Gasteiger partial charge >= 0.3 is 5.97 Å². The van der Waals surface area contributed by atoms with Crippen LogP contribution in [0.25, 0.3) is 0 Å². The van der Waals surface area contributed by atoms with E-state index in [0.717, 1.165) is 6.42 Å². The quantitative estimate of drug-likeness (QED) is 0.731. The van der Waals surface area contributed by atoms with E-state index in [2.05, 4.69) is 20.8 Å². The summed E-state index contributed by atoms with van der Waals surface area (Å²) in [5.74, 6) is -0.408. The number of carboxylic acids is 1. The van der Waals surface area contributed by atoms with E-state index in [1.807, 2.05) is 6.92 Å². The smallest absolute Gasteiger partial charge is 0.303 e. The van der Waals surface area contributed by atoms with Gasteiger partial charge < -0.3 is 5.11 Å². The van der Waals surface area contributed by atoms with E-state index in [-0.39, 0.29) is 34.8 Å². The van der Waals surface area contributed by atoms with E-state index in [4.69, 9.17) is 5.11 Å². The third kappa shape index (κ3) is 9.99. The van der Waals surface area contributed by atoms with Crippen LogP contribution in [0, 0.1) is 11.3 Å². The number of hydrogen-bond acceptors (Lipinski definition) is 1. The maximum absolute atomic E-state index is 10.3. The average Bonchev–Trinajstić information content (AvgIpc) is 1.53. The summed E-state index contributed by atoms with van der Waals surface area (Å²) in [6, 6.07) is 0. The largest absolute Gasteiger partial charge is 0.481 e. The van der Waals surface area contributed by atoms with Crippen molar-refractivity contribution in [1.29, 1.82) is 0 Å². The molecule has 0 rings (SSSR count). The van der Waals surface area contributed by atoms with Gasteiger partial charge in [0, 0.05) is 23.5 Å². The molecule has 73 valence electrons. The molecule has 0 heterocycles. The second-order valence-corrected chi connectivity index (χ2v) is 4.47. The fourth-order valence-electron chi connectivity index (χ4n) is 1.42.